The Labute approximate surface area is 154 Å². The van der Waals surface area contributed by atoms with Crippen molar-refractivity contribution < 1.29 is 14.3 Å². The fraction of sp³-hybridized carbons (Fsp3) is 0.619. The van der Waals surface area contributed by atoms with E-state index in [1.54, 1.807) is 18.2 Å². The smallest absolute Gasteiger partial charge is 0.271 e. The molecule has 138 valence electrons. The number of nitrogens with one attached hydrogen (secondary N) is 1. The van der Waals surface area contributed by atoms with Gasteiger partial charge in [0.1, 0.15) is 0 Å². The summed E-state index contributed by atoms with van der Waals surface area (Å²) in [5.41, 5.74) is 4.81. The molecule has 5 heteroatoms. The Hall–Kier alpha value is -2.04. The third kappa shape index (κ3) is 2.60. The van der Waals surface area contributed by atoms with Crippen LogP contribution < -0.4 is 14.9 Å². The number of nitrogens with zero attached hydrogens (tertiary/aromatic N) is 1. The summed E-state index contributed by atoms with van der Waals surface area (Å²) in [6, 6.07) is 5.26. The van der Waals surface area contributed by atoms with Gasteiger partial charge in [-0.25, -0.2) is 5.43 Å². The third-order valence-electron chi connectivity index (χ3n) is 6.91. The van der Waals surface area contributed by atoms with Crippen LogP contribution in [0.3, 0.4) is 0 Å². The van der Waals surface area contributed by atoms with Crippen molar-refractivity contribution in [3.05, 3.63) is 23.8 Å². The van der Waals surface area contributed by atoms with Gasteiger partial charge in [-0.15, -0.1) is 0 Å². The van der Waals surface area contributed by atoms with E-state index in [-0.39, 0.29) is 18.1 Å². The van der Waals surface area contributed by atoms with Crippen LogP contribution in [0.5, 0.6) is 11.5 Å². The average molecular weight is 354 g/mol. The van der Waals surface area contributed by atoms with Crippen molar-refractivity contribution in [2.75, 3.05) is 6.79 Å². The summed E-state index contributed by atoms with van der Waals surface area (Å²) in [5, 5.41) is 4.65. The standard InChI is InChI=1S/C21H26N2O3/c1-2-19(21-9-13-5-14(10-21)7-15(6-13)11-21)22-23-20(24)16-3-4-17-18(8-16)26-12-25-17/h3-4,8,13-15H,2,5-7,9-12H2,1H3,(H,23,24). The summed E-state index contributed by atoms with van der Waals surface area (Å²) in [5.74, 6) is 3.76. The van der Waals surface area contributed by atoms with Gasteiger partial charge in [-0.3, -0.25) is 4.79 Å². The molecule has 4 fully saturated rings. The largest absolute Gasteiger partial charge is 0.454 e. The number of hydrogen-bond acceptors (Lipinski definition) is 4. The van der Waals surface area contributed by atoms with Crippen LogP contribution in [0.4, 0.5) is 0 Å². The van der Waals surface area contributed by atoms with Crippen LogP contribution in [0, 0.1) is 23.2 Å². The molecule has 5 nitrogen and oxygen atoms in total. The number of hydrogen-bond donors (Lipinski definition) is 1. The fourth-order valence-corrected chi connectivity index (χ4v) is 6.26. The molecule has 1 aromatic rings. The van der Waals surface area contributed by atoms with E-state index in [4.69, 9.17) is 9.47 Å². The average Bonchev–Trinajstić information content (AvgIpc) is 3.08. The van der Waals surface area contributed by atoms with E-state index >= 15 is 0 Å². The topological polar surface area (TPSA) is 59.9 Å². The predicted molar refractivity (Wildman–Crippen MR) is 98.4 cm³/mol. The van der Waals surface area contributed by atoms with Crippen LogP contribution in [0.1, 0.15) is 62.2 Å². The van der Waals surface area contributed by atoms with Gasteiger partial charge >= 0.3 is 0 Å². The van der Waals surface area contributed by atoms with E-state index in [9.17, 15) is 4.79 Å². The first kappa shape index (κ1) is 16.2. The van der Waals surface area contributed by atoms with Crippen molar-refractivity contribution in [2.24, 2.45) is 28.3 Å². The molecular formula is C21H26N2O3. The van der Waals surface area contributed by atoms with Crippen LogP contribution in [0.15, 0.2) is 23.3 Å². The zero-order valence-electron chi connectivity index (χ0n) is 15.3. The number of ether oxygens (including phenoxy) is 2. The van der Waals surface area contributed by atoms with Crippen molar-refractivity contribution in [3.63, 3.8) is 0 Å². The zero-order valence-corrected chi connectivity index (χ0v) is 15.3. The normalized spacial score (nSPS) is 34.2. The highest BCUT2D eigenvalue weighted by Gasteiger charge is 2.52. The zero-order chi connectivity index (χ0) is 17.7. The molecule has 4 aliphatic carbocycles. The second kappa shape index (κ2) is 6.00. The van der Waals surface area contributed by atoms with E-state index in [0.717, 1.165) is 24.2 Å². The summed E-state index contributed by atoms with van der Waals surface area (Å²) in [4.78, 5) is 12.6. The Bertz CT molecular complexity index is 735. The van der Waals surface area contributed by atoms with Crippen LogP contribution in [0.25, 0.3) is 0 Å². The second-order valence-corrected chi connectivity index (χ2v) is 8.62. The predicted octanol–water partition coefficient (Wildman–Crippen LogP) is 4.13. The van der Waals surface area contributed by atoms with Crippen molar-refractivity contribution in [1.82, 2.24) is 5.43 Å². The minimum absolute atomic E-state index is 0.182. The quantitative estimate of drug-likeness (QED) is 0.653. The molecule has 0 aromatic heterocycles. The van der Waals surface area contributed by atoms with Gasteiger partial charge in [0, 0.05) is 16.7 Å². The van der Waals surface area contributed by atoms with Gasteiger partial charge in [-0.2, -0.15) is 5.10 Å². The molecule has 0 unspecified atom stereocenters. The lowest BCUT2D eigenvalue weighted by molar-refractivity contribution is -0.0134. The second-order valence-electron chi connectivity index (χ2n) is 8.62. The van der Waals surface area contributed by atoms with Crippen LogP contribution in [-0.4, -0.2) is 18.4 Å². The Morgan fingerprint density at radius 2 is 1.77 bits per heavy atom. The van der Waals surface area contributed by atoms with Gasteiger partial charge in [-0.1, -0.05) is 6.92 Å². The van der Waals surface area contributed by atoms with Gasteiger partial charge in [-0.05, 0) is 80.9 Å². The number of fused-ring (bicyclic) bond motifs is 1. The molecule has 4 saturated carbocycles. The maximum absolute atomic E-state index is 12.6. The first-order valence-corrected chi connectivity index (χ1v) is 9.92. The molecule has 6 rings (SSSR count). The highest BCUT2D eigenvalue weighted by Crippen LogP contribution is 2.60. The molecule has 5 aliphatic rings. The monoisotopic (exact) mass is 354 g/mol. The summed E-state index contributed by atoms with van der Waals surface area (Å²) in [6.07, 6.45) is 8.97. The molecule has 4 bridgehead atoms. The number of amides is 1. The molecule has 0 saturated heterocycles. The first-order valence-electron chi connectivity index (χ1n) is 9.92. The highest BCUT2D eigenvalue weighted by molar-refractivity contribution is 5.97. The molecule has 0 spiro atoms. The van der Waals surface area contributed by atoms with Crippen molar-refractivity contribution >= 4 is 11.6 Å². The van der Waals surface area contributed by atoms with Crippen LogP contribution >= 0.6 is 0 Å². The SMILES string of the molecule is CCC(=NNC(=O)c1ccc2c(c1)OCO2)C12CC3CC(CC(C3)C1)C2. The molecule has 0 radical (unpaired) electrons. The van der Waals surface area contributed by atoms with E-state index < -0.39 is 0 Å². The Morgan fingerprint density at radius 3 is 2.42 bits per heavy atom. The first-order chi connectivity index (χ1) is 12.6. The summed E-state index contributed by atoms with van der Waals surface area (Å²) in [6.45, 7) is 2.38. The number of benzene rings is 1. The fourth-order valence-electron chi connectivity index (χ4n) is 6.26. The van der Waals surface area contributed by atoms with Gasteiger partial charge in [0.25, 0.3) is 5.91 Å². The third-order valence-corrected chi connectivity index (χ3v) is 6.91. The van der Waals surface area contributed by atoms with E-state index in [0.29, 0.717) is 17.1 Å². The van der Waals surface area contributed by atoms with Crippen molar-refractivity contribution in [1.29, 1.82) is 0 Å². The minimum Gasteiger partial charge on any atom is -0.454 e. The Balaban J connectivity index is 1.35. The molecule has 26 heavy (non-hydrogen) atoms. The maximum atomic E-state index is 12.6. The van der Waals surface area contributed by atoms with Gasteiger partial charge < -0.3 is 9.47 Å². The van der Waals surface area contributed by atoms with Crippen LogP contribution in [0.2, 0.25) is 0 Å². The molecule has 1 aromatic carbocycles. The van der Waals surface area contributed by atoms with Crippen molar-refractivity contribution in [2.45, 2.75) is 51.9 Å². The minimum atomic E-state index is -0.182. The van der Waals surface area contributed by atoms with Gasteiger partial charge in [0.2, 0.25) is 6.79 Å². The van der Waals surface area contributed by atoms with E-state index in [1.165, 1.54) is 44.2 Å². The summed E-state index contributed by atoms with van der Waals surface area (Å²) < 4.78 is 10.7. The van der Waals surface area contributed by atoms with Gasteiger partial charge in [0.15, 0.2) is 11.5 Å². The Kier molecular flexibility index (Phi) is 3.73. The lowest BCUT2D eigenvalue weighted by Crippen LogP contribution is -2.50. The number of hydrazone groups is 1. The van der Waals surface area contributed by atoms with Crippen LogP contribution in [-0.2, 0) is 0 Å². The molecule has 1 amide bonds. The lowest BCUT2D eigenvalue weighted by Gasteiger charge is -2.57. The molecule has 1 heterocycles. The number of rotatable bonds is 4. The Morgan fingerprint density at radius 1 is 1.12 bits per heavy atom. The van der Waals surface area contributed by atoms with E-state index in [1.807, 2.05) is 0 Å². The van der Waals surface area contributed by atoms with Crippen molar-refractivity contribution in [3.8, 4) is 11.5 Å². The maximum Gasteiger partial charge on any atom is 0.271 e. The molecule has 0 atom stereocenters. The lowest BCUT2D eigenvalue weighted by atomic mass is 9.48. The molecular weight excluding hydrogens is 328 g/mol. The number of carbonyl (C=O) groups is 1. The molecule has 1 aliphatic heterocycles. The highest BCUT2D eigenvalue weighted by atomic mass is 16.7. The van der Waals surface area contributed by atoms with Gasteiger partial charge in [0.05, 0.1) is 0 Å². The summed E-state index contributed by atoms with van der Waals surface area (Å²) >= 11 is 0. The van der Waals surface area contributed by atoms with E-state index in [2.05, 4.69) is 17.5 Å². The summed E-state index contributed by atoms with van der Waals surface area (Å²) in [7, 11) is 0. The molecule has 1 N–H and O–H groups in total. The number of carbonyl (C=O) groups excluding carboxylic acids is 1.